The molecule has 28 heavy (non-hydrogen) atoms. The molecule has 0 aliphatic carbocycles. The zero-order valence-electron chi connectivity index (χ0n) is 17.6. The van der Waals surface area contributed by atoms with Gasteiger partial charge in [0.05, 0.1) is 6.61 Å². The van der Waals surface area contributed by atoms with Gasteiger partial charge in [0.15, 0.2) is 0 Å². The van der Waals surface area contributed by atoms with Crippen LogP contribution in [0.2, 0.25) is 0 Å². The zero-order valence-corrected chi connectivity index (χ0v) is 17.6. The van der Waals surface area contributed by atoms with Crippen LogP contribution in [0.15, 0.2) is 42.5 Å². The van der Waals surface area contributed by atoms with Crippen LogP contribution in [-0.2, 0) is 11.2 Å². The molecule has 0 spiro atoms. The predicted octanol–water partition coefficient (Wildman–Crippen LogP) is 7.10. The van der Waals surface area contributed by atoms with Crippen molar-refractivity contribution >= 4 is 6.16 Å². The lowest BCUT2D eigenvalue weighted by Crippen LogP contribution is -2.12. The van der Waals surface area contributed by atoms with Gasteiger partial charge in [0.1, 0.15) is 5.75 Å². The van der Waals surface area contributed by atoms with E-state index >= 15 is 0 Å². The van der Waals surface area contributed by atoms with Gasteiger partial charge < -0.3 is 9.47 Å². The molecule has 3 nitrogen and oxygen atoms in total. The molecule has 0 aromatic heterocycles. The van der Waals surface area contributed by atoms with Crippen molar-refractivity contribution in [2.45, 2.75) is 72.1 Å². The Hall–Kier alpha value is -2.29. The van der Waals surface area contributed by atoms with E-state index in [-0.39, 0.29) is 0 Å². The quantitative estimate of drug-likeness (QED) is 0.236. The molecule has 0 N–H and O–H groups in total. The van der Waals surface area contributed by atoms with Crippen molar-refractivity contribution in [2.24, 2.45) is 0 Å². The summed E-state index contributed by atoms with van der Waals surface area (Å²) in [6, 6.07) is 14.5. The number of hydrogen-bond acceptors (Lipinski definition) is 3. The van der Waals surface area contributed by atoms with Crippen molar-refractivity contribution in [3.05, 3.63) is 64.7 Å². The molecule has 152 valence electrons. The maximum Gasteiger partial charge on any atom is 0.513 e. The third-order valence-electron chi connectivity index (χ3n) is 5.37. The Bertz CT molecular complexity index is 722. The van der Waals surface area contributed by atoms with Crippen LogP contribution in [0.3, 0.4) is 0 Å². The Morgan fingerprint density at radius 2 is 1.39 bits per heavy atom. The van der Waals surface area contributed by atoms with Crippen LogP contribution in [-0.4, -0.2) is 12.8 Å². The average Bonchev–Trinajstić information content (AvgIpc) is 2.70. The van der Waals surface area contributed by atoms with Gasteiger partial charge in [-0.25, -0.2) is 4.79 Å². The molecule has 0 aliphatic heterocycles. The smallest absolute Gasteiger partial charge is 0.434 e. The number of benzene rings is 2. The number of unbranched alkanes of at least 4 members (excludes halogenated alkanes) is 6. The molecular formula is C25H34O3. The van der Waals surface area contributed by atoms with Crippen LogP contribution < -0.4 is 4.74 Å². The van der Waals surface area contributed by atoms with Crippen LogP contribution in [0, 0.1) is 20.8 Å². The third kappa shape index (κ3) is 7.75. The van der Waals surface area contributed by atoms with Crippen molar-refractivity contribution in [2.75, 3.05) is 6.61 Å². The summed E-state index contributed by atoms with van der Waals surface area (Å²) in [5, 5.41) is 0. The van der Waals surface area contributed by atoms with E-state index in [2.05, 4.69) is 30.3 Å². The lowest BCUT2D eigenvalue weighted by atomic mass is 10.0. The fourth-order valence-electron chi connectivity index (χ4n) is 3.28. The van der Waals surface area contributed by atoms with Crippen molar-refractivity contribution < 1.29 is 14.3 Å². The molecule has 2 rings (SSSR count). The van der Waals surface area contributed by atoms with Crippen LogP contribution in [0.4, 0.5) is 4.79 Å². The van der Waals surface area contributed by atoms with E-state index in [0.29, 0.717) is 12.4 Å². The monoisotopic (exact) mass is 382 g/mol. The van der Waals surface area contributed by atoms with Gasteiger partial charge in [0.2, 0.25) is 0 Å². The molecule has 0 aliphatic rings. The maximum absolute atomic E-state index is 11.8. The van der Waals surface area contributed by atoms with Gasteiger partial charge in [-0.1, -0.05) is 68.5 Å². The number of hydrogen-bond donors (Lipinski definition) is 0. The average molecular weight is 383 g/mol. The highest BCUT2D eigenvalue weighted by atomic mass is 16.7. The number of carbonyl (C=O) groups excluding carboxylic acids is 1. The summed E-state index contributed by atoms with van der Waals surface area (Å²) in [6.07, 6.45) is 8.83. The number of aryl methyl sites for hydroxylation is 2. The summed E-state index contributed by atoms with van der Waals surface area (Å²) in [7, 11) is 0. The van der Waals surface area contributed by atoms with Gasteiger partial charge >= 0.3 is 6.16 Å². The second kappa shape index (κ2) is 12.2. The molecule has 2 aromatic carbocycles. The highest BCUT2D eigenvalue weighted by Crippen LogP contribution is 2.24. The molecule has 0 amide bonds. The van der Waals surface area contributed by atoms with Crippen LogP contribution >= 0.6 is 0 Å². The molecule has 2 aromatic rings. The van der Waals surface area contributed by atoms with Gasteiger partial charge in [-0.15, -0.1) is 0 Å². The van der Waals surface area contributed by atoms with Gasteiger partial charge in [-0.3, -0.25) is 0 Å². The zero-order chi connectivity index (χ0) is 20.2. The van der Waals surface area contributed by atoms with E-state index < -0.39 is 6.16 Å². The van der Waals surface area contributed by atoms with E-state index in [9.17, 15) is 4.79 Å². The Balaban J connectivity index is 1.47. The minimum absolute atomic E-state index is 0.427. The minimum atomic E-state index is -0.604. The van der Waals surface area contributed by atoms with Gasteiger partial charge in [-0.05, 0) is 68.4 Å². The normalized spacial score (nSPS) is 10.7. The van der Waals surface area contributed by atoms with Gasteiger partial charge in [0, 0.05) is 0 Å². The SMILES string of the molecule is Cc1ccc(OC(=O)OCCCCCCCCCc2ccccc2)c(C)c1C. The standard InChI is InChI=1S/C25H34O3/c1-20-17-18-24(22(3)21(20)2)28-25(26)27-19-13-8-6-4-5-7-10-14-23-15-11-9-12-16-23/h9,11-12,15-18H,4-8,10,13-14,19H2,1-3H3. The summed E-state index contributed by atoms with van der Waals surface area (Å²) in [6.45, 7) is 6.47. The minimum Gasteiger partial charge on any atom is -0.434 e. The summed E-state index contributed by atoms with van der Waals surface area (Å²) in [4.78, 5) is 11.8. The lowest BCUT2D eigenvalue weighted by Gasteiger charge is -2.11. The fourth-order valence-corrected chi connectivity index (χ4v) is 3.28. The second-order valence-electron chi connectivity index (χ2n) is 7.54. The third-order valence-corrected chi connectivity index (χ3v) is 5.37. The molecule has 0 fully saturated rings. The van der Waals surface area contributed by atoms with Crippen LogP contribution in [0.25, 0.3) is 0 Å². The van der Waals surface area contributed by atoms with Crippen LogP contribution in [0.1, 0.15) is 67.2 Å². The Morgan fingerprint density at radius 1 is 0.750 bits per heavy atom. The maximum atomic E-state index is 11.8. The highest BCUT2D eigenvalue weighted by Gasteiger charge is 2.10. The Kier molecular flexibility index (Phi) is 9.61. The second-order valence-corrected chi connectivity index (χ2v) is 7.54. The van der Waals surface area contributed by atoms with E-state index in [1.54, 1.807) is 0 Å². The highest BCUT2D eigenvalue weighted by molar-refractivity contribution is 5.65. The van der Waals surface area contributed by atoms with Crippen molar-refractivity contribution in [3.63, 3.8) is 0 Å². The first-order valence-corrected chi connectivity index (χ1v) is 10.5. The number of rotatable bonds is 11. The molecule has 0 bridgehead atoms. The van der Waals surface area contributed by atoms with Crippen LogP contribution in [0.5, 0.6) is 5.75 Å². The summed E-state index contributed by atoms with van der Waals surface area (Å²) in [5.74, 6) is 0.587. The predicted molar refractivity (Wildman–Crippen MR) is 115 cm³/mol. The molecule has 0 radical (unpaired) electrons. The molecule has 3 heteroatoms. The first-order valence-electron chi connectivity index (χ1n) is 10.5. The number of carbonyl (C=O) groups is 1. The first-order chi connectivity index (χ1) is 13.6. The van der Waals surface area contributed by atoms with Crippen molar-refractivity contribution in [3.8, 4) is 5.75 Å². The number of ether oxygens (including phenoxy) is 2. The fraction of sp³-hybridized carbons (Fsp3) is 0.480. The largest absolute Gasteiger partial charge is 0.513 e. The van der Waals surface area contributed by atoms with E-state index in [1.807, 2.05) is 32.9 Å². The van der Waals surface area contributed by atoms with Crippen molar-refractivity contribution in [1.29, 1.82) is 0 Å². The molecular weight excluding hydrogens is 348 g/mol. The van der Waals surface area contributed by atoms with Crippen molar-refractivity contribution in [1.82, 2.24) is 0 Å². The molecule has 0 atom stereocenters. The van der Waals surface area contributed by atoms with E-state index in [4.69, 9.17) is 9.47 Å². The molecule has 0 unspecified atom stereocenters. The van der Waals surface area contributed by atoms with E-state index in [0.717, 1.165) is 24.0 Å². The molecule has 0 saturated carbocycles. The van der Waals surface area contributed by atoms with Gasteiger partial charge in [-0.2, -0.15) is 0 Å². The summed E-state index contributed by atoms with van der Waals surface area (Å²) < 4.78 is 10.5. The Morgan fingerprint density at radius 3 is 2.11 bits per heavy atom. The summed E-state index contributed by atoms with van der Waals surface area (Å²) in [5.41, 5.74) is 4.76. The lowest BCUT2D eigenvalue weighted by molar-refractivity contribution is 0.0970. The summed E-state index contributed by atoms with van der Waals surface area (Å²) >= 11 is 0. The van der Waals surface area contributed by atoms with E-state index in [1.165, 1.54) is 49.7 Å². The van der Waals surface area contributed by atoms with Gasteiger partial charge in [0.25, 0.3) is 0 Å². The molecule has 0 heterocycles. The first kappa shape index (κ1) is 22.0. The topological polar surface area (TPSA) is 35.5 Å². The molecule has 0 saturated heterocycles. The Labute approximate surface area is 170 Å².